The van der Waals surface area contributed by atoms with E-state index >= 15 is 0 Å². The number of carbonyl (C=O) groups excluding carboxylic acids is 2. The lowest BCUT2D eigenvalue weighted by atomic mass is 9.90. The summed E-state index contributed by atoms with van der Waals surface area (Å²) in [4.78, 5) is 38.8. The molecular weight excluding hydrogens is 534 g/mol. The molecule has 3 unspecified atom stereocenters. The van der Waals surface area contributed by atoms with Gasteiger partial charge in [0.15, 0.2) is 0 Å². The zero-order valence-electron chi connectivity index (χ0n) is 26.0. The van der Waals surface area contributed by atoms with E-state index in [1.54, 1.807) is 0 Å². The lowest BCUT2D eigenvalue weighted by Crippen LogP contribution is -2.38. The molecule has 2 saturated heterocycles. The molecular formula is C36H49N5O2. The summed E-state index contributed by atoms with van der Waals surface area (Å²) in [5.74, 6) is 1.44. The molecule has 0 radical (unpaired) electrons. The van der Waals surface area contributed by atoms with Gasteiger partial charge in [-0.05, 0) is 86.2 Å². The summed E-state index contributed by atoms with van der Waals surface area (Å²) >= 11 is 0. The van der Waals surface area contributed by atoms with E-state index in [0.717, 1.165) is 88.2 Å². The molecule has 2 N–H and O–H groups in total. The van der Waals surface area contributed by atoms with Gasteiger partial charge in [0.05, 0.1) is 17.9 Å². The van der Waals surface area contributed by atoms with Crippen molar-refractivity contribution in [1.29, 1.82) is 0 Å². The minimum absolute atomic E-state index is 0.100. The maximum Gasteiger partial charge on any atom is 0.224 e. The third-order valence-electron chi connectivity index (χ3n) is 10.8. The monoisotopic (exact) mass is 583 g/mol. The number of likely N-dealkylation sites (tertiary alicyclic amines) is 1. The van der Waals surface area contributed by atoms with Crippen LogP contribution >= 0.6 is 0 Å². The Morgan fingerprint density at radius 1 is 1.09 bits per heavy atom. The highest BCUT2D eigenvalue weighted by Gasteiger charge is 2.58. The summed E-state index contributed by atoms with van der Waals surface area (Å²) in [5.41, 5.74) is 5.23. The lowest BCUT2D eigenvalue weighted by molar-refractivity contribution is -0.124. The van der Waals surface area contributed by atoms with Gasteiger partial charge in [0.25, 0.3) is 0 Å². The van der Waals surface area contributed by atoms with Crippen molar-refractivity contribution in [2.75, 3.05) is 26.2 Å². The highest BCUT2D eigenvalue weighted by atomic mass is 16.2. The average Bonchev–Trinajstić information content (AvgIpc) is 3.33. The first-order chi connectivity index (χ1) is 21.0. The van der Waals surface area contributed by atoms with Crippen LogP contribution in [-0.4, -0.2) is 57.6 Å². The lowest BCUT2D eigenvalue weighted by Gasteiger charge is -2.32. The van der Waals surface area contributed by atoms with E-state index in [2.05, 4.69) is 51.5 Å². The zero-order valence-corrected chi connectivity index (χ0v) is 26.0. The maximum atomic E-state index is 13.6. The molecule has 6 rings (SSSR count). The molecule has 4 heterocycles. The molecule has 7 nitrogen and oxygen atoms in total. The van der Waals surface area contributed by atoms with Crippen LogP contribution in [0.1, 0.15) is 113 Å². The van der Waals surface area contributed by atoms with Crippen molar-refractivity contribution >= 4 is 11.7 Å². The van der Waals surface area contributed by atoms with Crippen LogP contribution in [0.25, 0.3) is 11.3 Å². The number of ketones is 1. The van der Waals surface area contributed by atoms with Crippen LogP contribution < -0.4 is 5.32 Å². The molecule has 3 fully saturated rings. The molecule has 43 heavy (non-hydrogen) atoms. The quantitative estimate of drug-likeness (QED) is 0.177. The Morgan fingerprint density at radius 3 is 2.60 bits per heavy atom. The maximum absolute atomic E-state index is 13.6. The molecule has 2 aromatic rings. The van der Waals surface area contributed by atoms with Gasteiger partial charge in [-0.25, -0.2) is 4.98 Å². The Hall–Kier alpha value is -3.03. The minimum Gasteiger partial charge on any atom is -0.346 e. The molecule has 1 aliphatic carbocycles. The van der Waals surface area contributed by atoms with Crippen molar-refractivity contribution in [1.82, 2.24) is 25.1 Å². The molecule has 4 aliphatic rings. The summed E-state index contributed by atoms with van der Waals surface area (Å²) in [6.45, 7) is 13.7. The number of fused-ring (bicyclic) bond motifs is 5. The molecule has 230 valence electrons. The Balaban J connectivity index is 1.14. The number of benzene rings is 1. The number of piperidine rings is 1. The highest BCUT2D eigenvalue weighted by Crippen LogP contribution is 2.59. The fourth-order valence-electron chi connectivity index (χ4n) is 8.14. The smallest absolute Gasteiger partial charge is 0.224 e. The second-order valence-electron chi connectivity index (χ2n) is 13.4. The molecule has 1 saturated carbocycles. The second-order valence-corrected chi connectivity index (χ2v) is 13.4. The fraction of sp³-hybridized carbons (Fsp3) is 0.583. The summed E-state index contributed by atoms with van der Waals surface area (Å²) in [6.07, 6.45) is 16.4. The average molecular weight is 584 g/mol. The third-order valence-corrected chi connectivity index (χ3v) is 10.8. The molecule has 4 atom stereocenters. The summed E-state index contributed by atoms with van der Waals surface area (Å²) in [6, 6.07) is 7.69. The van der Waals surface area contributed by atoms with E-state index in [1.807, 2.05) is 25.3 Å². The van der Waals surface area contributed by atoms with E-state index in [9.17, 15) is 9.59 Å². The van der Waals surface area contributed by atoms with Gasteiger partial charge in [-0.2, -0.15) is 0 Å². The number of hydrogen-bond donors (Lipinski definition) is 2. The van der Waals surface area contributed by atoms with Crippen molar-refractivity contribution in [3.05, 3.63) is 66.7 Å². The Kier molecular flexibility index (Phi) is 9.01. The van der Waals surface area contributed by atoms with Crippen LogP contribution in [0.5, 0.6) is 0 Å². The number of H-pyrrole nitrogens is 1. The van der Waals surface area contributed by atoms with E-state index in [0.29, 0.717) is 30.7 Å². The summed E-state index contributed by atoms with van der Waals surface area (Å²) in [5, 5.41) is 3.42. The van der Waals surface area contributed by atoms with Gasteiger partial charge >= 0.3 is 0 Å². The zero-order chi connectivity index (χ0) is 30.0. The number of imidazole rings is 1. The molecule has 1 amide bonds. The summed E-state index contributed by atoms with van der Waals surface area (Å²) in [7, 11) is 0. The first kappa shape index (κ1) is 30.0. The Labute approximate surface area is 257 Å². The SMILES string of the molecule is C=CCN1CCC2(CC1)C[C@@H]2C(=O)NC(CCCCCC(=O)CC)c1ncc(-c2ccc3c(c2)C2CCC3N2CC=C)[nH]1. The van der Waals surface area contributed by atoms with Gasteiger partial charge in [-0.3, -0.25) is 19.4 Å². The van der Waals surface area contributed by atoms with Crippen molar-refractivity contribution < 1.29 is 9.59 Å². The van der Waals surface area contributed by atoms with Crippen LogP contribution in [0.4, 0.5) is 0 Å². The number of carbonyl (C=O) groups is 2. The minimum atomic E-state index is -0.157. The first-order valence-electron chi connectivity index (χ1n) is 16.7. The molecule has 1 aromatic heterocycles. The number of unbranched alkanes of at least 4 members (excludes halogenated alkanes) is 2. The predicted octanol–water partition coefficient (Wildman–Crippen LogP) is 6.83. The van der Waals surface area contributed by atoms with E-state index in [4.69, 9.17) is 4.98 Å². The largest absolute Gasteiger partial charge is 0.346 e. The third kappa shape index (κ3) is 6.16. The van der Waals surface area contributed by atoms with Gasteiger partial charge in [0.1, 0.15) is 11.6 Å². The number of amides is 1. The van der Waals surface area contributed by atoms with Gasteiger partial charge in [-0.1, -0.05) is 44.1 Å². The highest BCUT2D eigenvalue weighted by molar-refractivity contribution is 5.83. The van der Waals surface area contributed by atoms with E-state index in [-0.39, 0.29) is 23.3 Å². The van der Waals surface area contributed by atoms with Gasteiger partial charge < -0.3 is 10.3 Å². The van der Waals surface area contributed by atoms with Crippen molar-refractivity contribution in [3.63, 3.8) is 0 Å². The van der Waals surface area contributed by atoms with Crippen LogP contribution in [0.3, 0.4) is 0 Å². The number of nitrogens with one attached hydrogen (secondary N) is 2. The van der Waals surface area contributed by atoms with Gasteiger partial charge in [0.2, 0.25) is 5.91 Å². The second kappa shape index (κ2) is 12.9. The van der Waals surface area contributed by atoms with E-state index < -0.39 is 0 Å². The standard InChI is InChI=1S/C36H49N5O2/c1-4-18-40-20-16-36(17-21-40)23-29(36)35(43)39-30(11-9-7-8-10-26(42)6-3)34-37-24-31(38-34)25-12-13-27-28(22-25)33-15-14-32(27)41(33)19-5-2/h4-5,12-13,22,24,29-30,32-33H,1-2,6-11,14-21,23H2,3H3,(H,37,38)(H,39,43)/t29-,30?,32?,33?/m1/s1. The number of Topliss-reactive ketones (excluding diaryl/α,β-unsaturated/α-hetero) is 1. The van der Waals surface area contributed by atoms with Crippen LogP contribution in [-0.2, 0) is 9.59 Å². The predicted molar refractivity (Wildman–Crippen MR) is 171 cm³/mol. The first-order valence-corrected chi connectivity index (χ1v) is 16.7. The Morgan fingerprint density at radius 2 is 1.86 bits per heavy atom. The molecule has 7 heteroatoms. The number of hydrogen-bond acceptors (Lipinski definition) is 5. The normalized spacial score (nSPS) is 24.5. The van der Waals surface area contributed by atoms with Crippen molar-refractivity contribution in [2.45, 2.75) is 95.7 Å². The number of aromatic nitrogens is 2. The molecule has 1 aromatic carbocycles. The fourth-order valence-corrected chi connectivity index (χ4v) is 8.14. The van der Waals surface area contributed by atoms with Crippen molar-refractivity contribution in [3.8, 4) is 11.3 Å². The molecule has 3 aliphatic heterocycles. The van der Waals surface area contributed by atoms with Crippen LogP contribution in [0, 0.1) is 11.3 Å². The Bertz CT molecular complexity index is 1340. The van der Waals surface area contributed by atoms with Crippen LogP contribution in [0.2, 0.25) is 0 Å². The van der Waals surface area contributed by atoms with E-state index in [1.165, 1.54) is 24.0 Å². The summed E-state index contributed by atoms with van der Waals surface area (Å²) < 4.78 is 0. The molecule has 1 spiro atoms. The topological polar surface area (TPSA) is 81.3 Å². The van der Waals surface area contributed by atoms with Crippen molar-refractivity contribution in [2.24, 2.45) is 11.3 Å². The molecule has 2 bridgehead atoms. The number of nitrogens with zero attached hydrogens (tertiary/aromatic N) is 3. The number of rotatable bonds is 15. The van der Waals surface area contributed by atoms with Gasteiger partial charge in [0, 0.05) is 43.9 Å². The van der Waals surface area contributed by atoms with Crippen LogP contribution in [0.15, 0.2) is 49.7 Å². The van der Waals surface area contributed by atoms with Gasteiger partial charge in [-0.15, -0.1) is 13.2 Å². The number of aromatic amines is 1.